The van der Waals surface area contributed by atoms with Gasteiger partial charge in [-0.05, 0) is 30.3 Å². The average molecular weight is 312 g/mol. The lowest BCUT2D eigenvalue weighted by Gasteiger charge is -2.05. The first-order valence-corrected chi connectivity index (χ1v) is 7.31. The molecule has 3 aromatic rings. The summed E-state index contributed by atoms with van der Waals surface area (Å²) in [7, 11) is -4.33. The Kier molecular flexibility index (Phi) is 4.39. The molecule has 20 heavy (non-hydrogen) atoms. The van der Waals surface area contributed by atoms with E-state index in [1.165, 1.54) is 24.3 Å². The third kappa shape index (κ3) is 3.80. The Morgan fingerprint density at radius 2 is 1.70 bits per heavy atom. The zero-order valence-corrected chi connectivity index (χ0v) is 11.7. The van der Waals surface area contributed by atoms with Gasteiger partial charge in [-0.25, -0.2) is 8.42 Å². The zero-order valence-electron chi connectivity index (χ0n) is 10.1. The smallest absolute Gasteiger partial charge is 0.333 e. The molecule has 5 nitrogen and oxygen atoms in total. The summed E-state index contributed by atoms with van der Waals surface area (Å²) in [5, 5.41) is 0.400. The van der Waals surface area contributed by atoms with Crippen molar-refractivity contribution < 1.29 is 22.4 Å². The monoisotopic (exact) mass is 311 g/mol. The Morgan fingerprint density at radius 3 is 2.30 bits per heavy atom. The van der Waals surface area contributed by atoms with E-state index < -0.39 is 10.1 Å². The van der Waals surface area contributed by atoms with Gasteiger partial charge >= 0.3 is 6.39 Å². The lowest BCUT2D eigenvalue weighted by molar-refractivity contribution is -0.354. The van der Waals surface area contributed by atoms with Crippen molar-refractivity contribution >= 4 is 32.8 Å². The SMILES string of the molecule is O=S(=O)([O-])c1ccc(Cl)cc1.c1ccc2oc[nH+]c2c1. The number of nitrogens with one attached hydrogen (secondary N) is 1. The summed E-state index contributed by atoms with van der Waals surface area (Å²) in [6.45, 7) is 0. The van der Waals surface area contributed by atoms with Crippen LogP contribution in [0.2, 0.25) is 5.02 Å². The minimum atomic E-state index is -4.33. The molecule has 0 aliphatic heterocycles. The number of hydrogen-bond acceptors (Lipinski definition) is 4. The van der Waals surface area contributed by atoms with Gasteiger partial charge in [-0.3, -0.25) is 0 Å². The molecule has 0 saturated heterocycles. The number of oxazole rings is 1. The molecule has 0 unspecified atom stereocenters. The van der Waals surface area contributed by atoms with Crippen LogP contribution in [0, 0.1) is 0 Å². The molecule has 0 saturated carbocycles. The summed E-state index contributed by atoms with van der Waals surface area (Å²) < 4.78 is 36.1. The van der Waals surface area contributed by atoms with Crippen molar-refractivity contribution in [3.8, 4) is 0 Å². The summed E-state index contributed by atoms with van der Waals surface area (Å²) in [4.78, 5) is 2.69. The molecule has 2 aromatic carbocycles. The molecule has 1 aromatic heterocycles. The third-order valence-corrected chi connectivity index (χ3v) is 3.49. The van der Waals surface area contributed by atoms with Crippen LogP contribution < -0.4 is 4.98 Å². The molecule has 0 atom stereocenters. The summed E-state index contributed by atoms with van der Waals surface area (Å²) in [6, 6.07) is 12.9. The van der Waals surface area contributed by atoms with Crippen LogP contribution in [0.15, 0.2) is 64.2 Å². The van der Waals surface area contributed by atoms with Crippen LogP contribution in [0.4, 0.5) is 0 Å². The fraction of sp³-hybridized carbons (Fsp3) is 0. The third-order valence-electron chi connectivity index (χ3n) is 2.39. The van der Waals surface area contributed by atoms with Crippen LogP contribution in [0.25, 0.3) is 11.1 Å². The van der Waals surface area contributed by atoms with E-state index in [2.05, 4.69) is 4.98 Å². The summed E-state index contributed by atoms with van der Waals surface area (Å²) in [5.74, 6) is 0. The van der Waals surface area contributed by atoms with Crippen molar-refractivity contribution in [3.05, 3.63) is 59.9 Å². The average Bonchev–Trinajstić information content (AvgIpc) is 2.87. The predicted octanol–water partition coefficient (Wildman–Crippen LogP) is 2.49. The van der Waals surface area contributed by atoms with Gasteiger partial charge < -0.3 is 8.97 Å². The number of para-hydroxylation sites is 2. The number of fused-ring (bicyclic) bond motifs is 1. The highest BCUT2D eigenvalue weighted by atomic mass is 35.5. The summed E-state index contributed by atoms with van der Waals surface area (Å²) in [6.07, 6.45) is 1.57. The Balaban J connectivity index is 0.000000149. The van der Waals surface area contributed by atoms with Crippen molar-refractivity contribution in [3.63, 3.8) is 0 Å². The van der Waals surface area contributed by atoms with Crippen molar-refractivity contribution in [2.24, 2.45) is 0 Å². The molecule has 1 N–H and O–H groups in total. The molecule has 0 radical (unpaired) electrons. The molecule has 0 aliphatic rings. The van der Waals surface area contributed by atoms with Crippen LogP contribution in [0.5, 0.6) is 0 Å². The number of aromatic amines is 1. The Labute approximate surface area is 120 Å². The van der Waals surface area contributed by atoms with E-state index in [4.69, 9.17) is 16.0 Å². The predicted molar refractivity (Wildman–Crippen MR) is 72.2 cm³/mol. The normalized spacial score (nSPS) is 10.9. The van der Waals surface area contributed by atoms with Crippen LogP contribution in [-0.2, 0) is 10.1 Å². The molecule has 1 heterocycles. The van der Waals surface area contributed by atoms with Crippen LogP contribution >= 0.6 is 11.6 Å². The minimum Gasteiger partial charge on any atom is -0.744 e. The first-order chi connectivity index (χ1) is 9.47. The highest BCUT2D eigenvalue weighted by Gasteiger charge is 1.99. The maximum atomic E-state index is 10.3. The second-order valence-electron chi connectivity index (χ2n) is 3.78. The zero-order chi connectivity index (χ0) is 14.6. The number of halogens is 1. The first kappa shape index (κ1) is 14.5. The minimum absolute atomic E-state index is 0.262. The first-order valence-electron chi connectivity index (χ1n) is 5.52. The standard InChI is InChI=1S/C7H5NO.C6H5ClO3S/c1-2-4-7-6(3-1)8-5-9-7;7-5-1-3-6(4-2-5)11(8,9)10/h1-5H;1-4H,(H,8,9,10). The Morgan fingerprint density at radius 1 is 1.05 bits per heavy atom. The topological polar surface area (TPSA) is 84.5 Å². The maximum Gasteiger partial charge on any atom is 0.333 e. The number of aromatic nitrogens is 1. The number of hydrogen-bond donors (Lipinski definition) is 0. The fourth-order valence-electron chi connectivity index (χ4n) is 1.45. The highest BCUT2D eigenvalue weighted by Crippen LogP contribution is 2.12. The van der Waals surface area contributed by atoms with E-state index in [1.807, 2.05) is 24.3 Å². The van der Waals surface area contributed by atoms with Crippen molar-refractivity contribution in [1.82, 2.24) is 0 Å². The van der Waals surface area contributed by atoms with Crippen molar-refractivity contribution in [2.75, 3.05) is 0 Å². The molecular weight excluding hydrogens is 302 g/mol. The van der Waals surface area contributed by atoms with E-state index in [0.717, 1.165) is 11.1 Å². The molecule has 0 aliphatic carbocycles. The highest BCUT2D eigenvalue weighted by molar-refractivity contribution is 7.85. The Bertz CT molecular complexity index is 766. The molecule has 0 fully saturated rings. The van der Waals surface area contributed by atoms with Gasteiger partial charge in [0.05, 0.1) is 4.90 Å². The van der Waals surface area contributed by atoms with Crippen molar-refractivity contribution in [2.45, 2.75) is 4.90 Å². The van der Waals surface area contributed by atoms with E-state index in [0.29, 0.717) is 5.02 Å². The lowest BCUT2D eigenvalue weighted by atomic mass is 10.3. The lowest BCUT2D eigenvalue weighted by Crippen LogP contribution is -1.97. The van der Waals surface area contributed by atoms with Crippen LogP contribution in [-0.4, -0.2) is 13.0 Å². The largest absolute Gasteiger partial charge is 0.744 e. The van der Waals surface area contributed by atoms with Gasteiger partial charge in [0, 0.05) is 11.1 Å². The number of benzene rings is 2. The molecule has 0 amide bonds. The molecule has 0 bridgehead atoms. The van der Waals surface area contributed by atoms with Gasteiger partial charge in [-0.2, -0.15) is 4.98 Å². The van der Waals surface area contributed by atoms with Crippen LogP contribution in [0.3, 0.4) is 0 Å². The van der Waals surface area contributed by atoms with Gasteiger partial charge in [0.1, 0.15) is 10.1 Å². The van der Waals surface area contributed by atoms with Gasteiger partial charge in [-0.15, -0.1) is 0 Å². The molecule has 104 valence electrons. The van der Waals surface area contributed by atoms with Crippen LogP contribution in [0.1, 0.15) is 0 Å². The Hall–Kier alpha value is -1.89. The van der Waals surface area contributed by atoms with Gasteiger partial charge in [0.15, 0.2) is 0 Å². The quantitative estimate of drug-likeness (QED) is 0.646. The van der Waals surface area contributed by atoms with Gasteiger partial charge in [0.25, 0.3) is 0 Å². The van der Waals surface area contributed by atoms with Crippen molar-refractivity contribution in [1.29, 1.82) is 0 Å². The second-order valence-corrected chi connectivity index (χ2v) is 5.60. The maximum absolute atomic E-state index is 10.3. The van der Waals surface area contributed by atoms with E-state index >= 15 is 0 Å². The van der Waals surface area contributed by atoms with E-state index in [1.54, 1.807) is 6.39 Å². The molecular formula is C13H10ClNO4S. The van der Waals surface area contributed by atoms with Gasteiger partial charge in [0.2, 0.25) is 11.1 Å². The van der Waals surface area contributed by atoms with Gasteiger partial charge in [-0.1, -0.05) is 23.7 Å². The van der Waals surface area contributed by atoms with E-state index in [-0.39, 0.29) is 4.90 Å². The fourth-order valence-corrected chi connectivity index (χ4v) is 2.04. The number of rotatable bonds is 1. The second kappa shape index (κ2) is 6.04. The molecule has 3 rings (SSSR count). The van der Waals surface area contributed by atoms with E-state index in [9.17, 15) is 13.0 Å². The number of H-pyrrole nitrogens is 1. The summed E-state index contributed by atoms with van der Waals surface area (Å²) >= 11 is 5.46. The molecule has 0 spiro atoms. The summed E-state index contributed by atoms with van der Waals surface area (Å²) in [5.41, 5.74) is 1.94. The molecule has 7 heteroatoms.